The molecule has 2 N–H and O–H groups in total. The van der Waals surface area contributed by atoms with E-state index in [-0.39, 0.29) is 18.9 Å². The summed E-state index contributed by atoms with van der Waals surface area (Å²) in [5, 5.41) is 18.2. The van der Waals surface area contributed by atoms with Crippen molar-refractivity contribution in [1.29, 1.82) is 0 Å². The number of hydrogen-bond donors (Lipinski definition) is 2. The number of carbonyl (C=O) groups excluding carboxylic acids is 1. The summed E-state index contributed by atoms with van der Waals surface area (Å²) in [6.45, 7) is 0.375. The van der Waals surface area contributed by atoms with Crippen LogP contribution in [-0.2, 0) is 14.4 Å². The maximum absolute atomic E-state index is 12.2. The lowest BCUT2D eigenvalue weighted by molar-refractivity contribution is -0.159. The maximum Gasteiger partial charge on any atom is 0.309 e. The molecule has 2 atom stereocenters. The molecule has 0 radical (unpaired) electrons. The van der Waals surface area contributed by atoms with E-state index in [0.29, 0.717) is 18.9 Å². The number of carboxylic acids is 2. The first-order valence-corrected chi connectivity index (χ1v) is 7.72. The summed E-state index contributed by atoms with van der Waals surface area (Å²) >= 11 is 0. The minimum Gasteiger partial charge on any atom is -0.481 e. The van der Waals surface area contributed by atoms with Crippen LogP contribution < -0.4 is 0 Å². The summed E-state index contributed by atoms with van der Waals surface area (Å²) in [4.78, 5) is 36.0. The Morgan fingerprint density at radius 2 is 1.57 bits per heavy atom. The van der Waals surface area contributed by atoms with Gasteiger partial charge in [0.1, 0.15) is 0 Å². The van der Waals surface area contributed by atoms with Gasteiger partial charge in [-0.25, -0.2) is 0 Å². The Balaban J connectivity index is 1.87. The van der Waals surface area contributed by atoms with Gasteiger partial charge in [-0.15, -0.1) is 0 Å². The molecule has 6 nitrogen and oxygen atoms in total. The van der Waals surface area contributed by atoms with Gasteiger partial charge in [0.25, 0.3) is 0 Å². The van der Waals surface area contributed by atoms with Gasteiger partial charge in [0.2, 0.25) is 5.91 Å². The number of carboxylic acid groups (broad SMARTS) is 2. The molecule has 1 aliphatic heterocycles. The maximum atomic E-state index is 12.2. The van der Waals surface area contributed by atoms with E-state index in [9.17, 15) is 14.4 Å². The fourth-order valence-electron chi connectivity index (χ4n) is 3.51. The van der Waals surface area contributed by atoms with E-state index >= 15 is 0 Å². The van der Waals surface area contributed by atoms with Gasteiger partial charge in [0, 0.05) is 19.5 Å². The number of amides is 1. The van der Waals surface area contributed by atoms with Crippen molar-refractivity contribution in [2.24, 2.45) is 17.8 Å². The standard InChI is InChI=1S/C15H23NO5/c17-13(6-5-10-3-1-2-4-10)16-8-7-11(14(18)19)12(9-16)15(20)21/h10-12H,1-9H2,(H,18,19)(H,20,21). The van der Waals surface area contributed by atoms with Crippen LogP contribution in [0.15, 0.2) is 0 Å². The van der Waals surface area contributed by atoms with Crippen molar-refractivity contribution in [2.75, 3.05) is 13.1 Å². The number of hydrogen-bond acceptors (Lipinski definition) is 3. The predicted molar refractivity (Wildman–Crippen MR) is 74.6 cm³/mol. The molecule has 0 aromatic carbocycles. The second kappa shape index (κ2) is 6.91. The molecule has 6 heteroatoms. The van der Waals surface area contributed by atoms with Crippen LogP contribution in [-0.4, -0.2) is 46.0 Å². The average Bonchev–Trinajstić information content (AvgIpc) is 2.97. The van der Waals surface area contributed by atoms with Crippen LogP contribution in [0.25, 0.3) is 0 Å². The molecule has 1 aliphatic carbocycles. The van der Waals surface area contributed by atoms with E-state index < -0.39 is 23.8 Å². The lowest BCUT2D eigenvalue weighted by Gasteiger charge is -2.34. The molecule has 2 aliphatic rings. The summed E-state index contributed by atoms with van der Waals surface area (Å²) in [7, 11) is 0. The van der Waals surface area contributed by atoms with Gasteiger partial charge >= 0.3 is 11.9 Å². The highest BCUT2D eigenvalue weighted by molar-refractivity contribution is 5.82. The second-order valence-electron chi connectivity index (χ2n) is 6.21. The molecule has 1 heterocycles. The van der Waals surface area contributed by atoms with Gasteiger partial charge in [-0.1, -0.05) is 25.7 Å². The first-order valence-electron chi connectivity index (χ1n) is 7.72. The Bertz CT molecular complexity index is 416. The van der Waals surface area contributed by atoms with Crippen molar-refractivity contribution in [3.05, 3.63) is 0 Å². The van der Waals surface area contributed by atoms with Crippen LogP contribution in [0.5, 0.6) is 0 Å². The molecular formula is C15H23NO5. The minimum atomic E-state index is -1.13. The van der Waals surface area contributed by atoms with E-state index in [0.717, 1.165) is 6.42 Å². The molecular weight excluding hydrogens is 274 g/mol. The molecule has 1 amide bonds. The monoisotopic (exact) mass is 297 g/mol. The van der Waals surface area contributed by atoms with Crippen LogP contribution >= 0.6 is 0 Å². The highest BCUT2D eigenvalue weighted by Crippen LogP contribution is 2.30. The van der Waals surface area contributed by atoms with Crippen molar-refractivity contribution >= 4 is 17.8 Å². The van der Waals surface area contributed by atoms with E-state index in [4.69, 9.17) is 10.2 Å². The predicted octanol–water partition coefficient (Wildman–Crippen LogP) is 1.59. The Labute approximate surface area is 124 Å². The third-order valence-corrected chi connectivity index (χ3v) is 4.84. The van der Waals surface area contributed by atoms with Crippen LogP contribution in [0.3, 0.4) is 0 Å². The van der Waals surface area contributed by atoms with Crippen LogP contribution in [0, 0.1) is 17.8 Å². The summed E-state index contributed by atoms with van der Waals surface area (Å²) in [5.74, 6) is -3.50. The zero-order valence-electron chi connectivity index (χ0n) is 12.2. The molecule has 0 spiro atoms. The van der Waals surface area contributed by atoms with Crippen LogP contribution in [0.2, 0.25) is 0 Å². The smallest absolute Gasteiger partial charge is 0.309 e. The molecule has 0 aromatic heterocycles. The zero-order valence-corrected chi connectivity index (χ0v) is 12.2. The highest BCUT2D eigenvalue weighted by atomic mass is 16.4. The molecule has 0 bridgehead atoms. The molecule has 0 aromatic rings. The number of piperidine rings is 1. The summed E-state index contributed by atoms with van der Waals surface area (Å²) in [6.07, 6.45) is 6.40. The van der Waals surface area contributed by atoms with Crippen molar-refractivity contribution in [1.82, 2.24) is 4.90 Å². The molecule has 21 heavy (non-hydrogen) atoms. The topological polar surface area (TPSA) is 94.9 Å². The van der Waals surface area contributed by atoms with Crippen molar-refractivity contribution in [3.63, 3.8) is 0 Å². The third kappa shape index (κ3) is 3.95. The summed E-state index contributed by atoms with van der Waals surface area (Å²) < 4.78 is 0. The number of carbonyl (C=O) groups is 3. The van der Waals surface area contributed by atoms with Gasteiger partial charge in [0.05, 0.1) is 11.8 Å². The molecule has 2 unspecified atom stereocenters. The Hall–Kier alpha value is -1.59. The zero-order chi connectivity index (χ0) is 15.4. The highest BCUT2D eigenvalue weighted by Gasteiger charge is 2.39. The number of likely N-dealkylation sites (tertiary alicyclic amines) is 1. The molecule has 118 valence electrons. The fourth-order valence-corrected chi connectivity index (χ4v) is 3.51. The largest absolute Gasteiger partial charge is 0.481 e. The minimum absolute atomic E-state index is 0.0236. The average molecular weight is 297 g/mol. The van der Waals surface area contributed by atoms with Crippen LogP contribution in [0.4, 0.5) is 0 Å². The van der Waals surface area contributed by atoms with E-state index in [2.05, 4.69) is 0 Å². The van der Waals surface area contributed by atoms with Gasteiger partial charge < -0.3 is 15.1 Å². The summed E-state index contributed by atoms with van der Waals surface area (Å²) in [5.41, 5.74) is 0. The van der Waals surface area contributed by atoms with E-state index in [1.807, 2.05) is 0 Å². The second-order valence-corrected chi connectivity index (χ2v) is 6.21. The van der Waals surface area contributed by atoms with Gasteiger partial charge in [0.15, 0.2) is 0 Å². The summed E-state index contributed by atoms with van der Waals surface area (Å²) in [6, 6.07) is 0. The molecule has 2 rings (SSSR count). The third-order valence-electron chi connectivity index (χ3n) is 4.84. The van der Waals surface area contributed by atoms with Crippen molar-refractivity contribution in [2.45, 2.75) is 44.9 Å². The van der Waals surface area contributed by atoms with Crippen molar-refractivity contribution in [3.8, 4) is 0 Å². The quantitative estimate of drug-likeness (QED) is 0.803. The molecule has 1 saturated heterocycles. The van der Waals surface area contributed by atoms with Crippen molar-refractivity contribution < 1.29 is 24.6 Å². The first kappa shape index (κ1) is 15.8. The number of rotatable bonds is 5. The number of nitrogens with zero attached hydrogens (tertiary/aromatic N) is 1. The lowest BCUT2D eigenvalue weighted by Crippen LogP contribution is -2.48. The fraction of sp³-hybridized carbons (Fsp3) is 0.800. The van der Waals surface area contributed by atoms with Gasteiger partial charge in [-0.05, 0) is 18.8 Å². The SMILES string of the molecule is O=C(O)C1CCN(C(=O)CCC2CCCC2)CC1C(=O)O. The Morgan fingerprint density at radius 3 is 2.14 bits per heavy atom. The van der Waals surface area contributed by atoms with Gasteiger partial charge in [-0.2, -0.15) is 0 Å². The Morgan fingerprint density at radius 1 is 0.952 bits per heavy atom. The normalized spacial score (nSPS) is 26.8. The van der Waals surface area contributed by atoms with E-state index in [1.165, 1.54) is 30.6 Å². The lowest BCUT2D eigenvalue weighted by atomic mass is 9.85. The molecule has 2 fully saturated rings. The van der Waals surface area contributed by atoms with Crippen LogP contribution in [0.1, 0.15) is 44.9 Å². The van der Waals surface area contributed by atoms with Gasteiger partial charge in [-0.3, -0.25) is 14.4 Å². The van der Waals surface area contributed by atoms with E-state index in [1.54, 1.807) is 0 Å². The molecule has 1 saturated carbocycles. The Kier molecular flexibility index (Phi) is 5.20. The first-order chi connectivity index (χ1) is 9.99. The number of aliphatic carboxylic acids is 2.